The minimum absolute atomic E-state index is 0.0285. The van der Waals surface area contributed by atoms with Crippen LogP contribution in [-0.2, 0) is 26.6 Å². The fraction of sp³-hybridized carbons (Fsp3) is 0.429. The number of carbonyl (C=O) groups is 2. The molecule has 0 spiro atoms. The van der Waals surface area contributed by atoms with Crippen LogP contribution in [0.25, 0.3) is 0 Å². The summed E-state index contributed by atoms with van der Waals surface area (Å²) in [5.41, 5.74) is 2.81. The fourth-order valence-corrected chi connectivity index (χ4v) is 5.41. The summed E-state index contributed by atoms with van der Waals surface area (Å²) in [5.74, 6) is -0.948. The molecule has 1 aliphatic rings. The summed E-state index contributed by atoms with van der Waals surface area (Å²) in [6, 6.07) is 6.16. The first-order valence-corrected chi connectivity index (χ1v) is 11.3. The Hall–Kier alpha value is -2.65. The van der Waals surface area contributed by atoms with Crippen molar-refractivity contribution in [3.8, 4) is 0 Å². The van der Waals surface area contributed by atoms with Crippen molar-refractivity contribution < 1.29 is 22.7 Å². The second kappa shape index (κ2) is 8.61. The Bertz CT molecular complexity index is 1070. The number of benzene rings is 1. The van der Waals surface area contributed by atoms with Crippen molar-refractivity contribution in [3.05, 3.63) is 47.3 Å². The first-order valence-electron chi connectivity index (χ1n) is 9.88. The lowest BCUT2D eigenvalue weighted by atomic mass is 10.1. The maximum atomic E-state index is 13.2. The molecule has 1 fully saturated rings. The lowest BCUT2D eigenvalue weighted by Gasteiger charge is -2.23. The first kappa shape index (κ1) is 22.0. The highest BCUT2D eigenvalue weighted by atomic mass is 32.2. The van der Waals surface area contributed by atoms with Gasteiger partial charge in [0.1, 0.15) is 16.6 Å². The highest BCUT2D eigenvalue weighted by Gasteiger charge is 2.40. The van der Waals surface area contributed by atoms with Crippen LogP contribution in [0.4, 0.5) is 5.69 Å². The number of aryl methyl sites for hydroxylation is 3. The Morgan fingerprint density at radius 1 is 1.23 bits per heavy atom. The minimum atomic E-state index is -3.95. The van der Waals surface area contributed by atoms with Crippen LogP contribution in [0, 0.1) is 13.8 Å². The Balaban J connectivity index is 1.84. The Kier molecular flexibility index (Phi) is 6.33. The maximum Gasteiger partial charge on any atom is 0.354 e. The number of esters is 1. The summed E-state index contributed by atoms with van der Waals surface area (Å²) < 4.78 is 34.1. The molecule has 0 radical (unpaired) electrons. The molecule has 0 aliphatic carbocycles. The van der Waals surface area contributed by atoms with Crippen LogP contribution in [0.3, 0.4) is 0 Å². The van der Waals surface area contributed by atoms with Gasteiger partial charge in [-0.05, 0) is 51.3 Å². The second-order valence-electron chi connectivity index (χ2n) is 7.47. The molecule has 9 heteroatoms. The van der Waals surface area contributed by atoms with Gasteiger partial charge in [-0.1, -0.05) is 17.7 Å². The van der Waals surface area contributed by atoms with E-state index in [9.17, 15) is 18.0 Å². The van der Waals surface area contributed by atoms with Crippen LogP contribution in [-0.4, -0.2) is 48.4 Å². The average Bonchev–Trinajstić information content (AvgIpc) is 3.32. The molecule has 1 aromatic carbocycles. The van der Waals surface area contributed by atoms with E-state index in [0.29, 0.717) is 18.5 Å². The number of hydrogen-bond donors (Lipinski definition) is 1. The van der Waals surface area contributed by atoms with Crippen molar-refractivity contribution in [2.45, 2.75) is 44.6 Å². The quantitative estimate of drug-likeness (QED) is 0.706. The third-order valence-electron chi connectivity index (χ3n) is 5.22. The topological polar surface area (TPSA) is 97.7 Å². The van der Waals surface area contributed by atoms with Gasteiger partial charge in [-0.25, -0.2) is 13.2 Å². The summed E-state index contributed by atoms with van der Waals surface area (Å²) >= 11 is 0. The average molecular weight is 434 g/mol. The zero-order valence-electron chi connectivity index (χ0n) is 17.6. The molecule has 1 aromatic heterocycles. The molecular weight excluding hydrogens is 406 g/mol. The number of nitrogens with one attached hydrogen (secondary N) is 1. The molecule has 0 bridgehead atoms. The molecule has 1 amide bonds. The smallest absolute Gasteiger partial charge is 0.354 e. The van der Waals surface area contributed by atoms with Gasteiger partial charge in [-0.3, -0.25) is 4.79 Å². The Morgan fingerprint density at radius 3 is 2.63 bits per heavy atom. The molecule has 30 heavy (non-hydrogen) atoms. The van der Waals surface area contributed by atoms with Crippen LogP contribution in [0.15, 0.2) is 35.4 Å². The number of nitrogens with zero attached hydrogens (tertiary/aromatic N) is 2. The van der Waals surface area contributed by atoms with E-state index in [2.05, 4.69) is 5.32 Å². The maximum absolute atomic E-state index is 13.2. The van der Waals surface area contributed by atoms with Crippen LogP contribution >= 0.6 is 0 Å². The zero-order chi connectivity index (χ0) is 22.1. The molecule has 8 nitrogen and oxygen atoms in total. The van der Waals surface area contributed by atoms with Crippen LogP contribution < -0.4 is 5.32 Å². The summed E-state index contributed by atoms with van der Waals surface area (Å²) in [7, 11) is -2.37. The molecule has 1 unspecified atom stereocenters. The van der Waals surface area contributed by atoms with Crippen molar-refractivity contribution >= 4 is 27.6 Å². The summed E-state index contributed by atoms with van der Waals surface area (Å²) in [4.78, 5) is 24.9. The number of anilines is 1. The molecule has 1 aliphatic heterocycles. The van der Waals surface area contributed by atoms with Gasteiger partial charge in [0.25, 0.3) is 0 Å². The number of aromatic nitrogens is 1. The molecule has 3 rings (SSSR count). The van der Waals surface area contributed by atoms with Crippen LogP contribution in [0.1, 0.15) is 41.4 Å². The van der Waals surface area contributed by atoms with Crippen LogP contribution in [0.2, 0.25) is 0 Å². The number of carbonyl (C=O) groups excluding carboxylic acids is 2. The molecule has 1 saturated heterocycles. The molecule has 0 saturated carbocycles. The molecule has 1 N–H and O–H groups in total. The van der Waals surface area contributed by atoms with Crippen molar-refractivity contribution in [3.63, 3.8) is 0 Å². The van der Waals surface area contributed by atoms with Gasteiger partial charge in [0, 0.05) is 25.5 Å². The van der Waals surface area contributed by atoms with Gasteiger partial charge in [0.2, 0.25) is 15.9 Å². The second-order valence-corrected chi connectivity index (χ2v) is 9.36. The Morgan fingerprint density at radius 2 is 1.97 bits per heavy atom. The van der Waals surface area contributed by atoms with E-state index in [1.165, 1.54) is 21.1 Å². The third kappa shape index (κ3) is 4.27. The number of hydrogen-bond acceptors (Lipinski definition) is 5. The fourth-order valence-electron chi connectivity index (χ4n) is 3.68. The molecule has 162 valence electrons. The van der Waals surface area contributed by atoms with E-state index in [1.807, 2.05) is 32.0 Å². The highest BCUT2D eigenvalue weighted by molar-refractivity contribution is 7.89. The van der Waals surface area contributed by atoms with E-state index < -0.39 is 22.0 Å². The third-order valence-corrected chi connectivity index (χ3v) is 7.09. The van der Waals surface area contributed by atoms with Gasteiger partial charge >= 0.3 is 5.97 Å². The van der Waals surface area contributed by atoms with Crippen molar-refractivity contribution in [1.29, 1.82) is 0 Å². The number of rotatable bonds is 6. The summed E-state index contributed by atoms with van der Waals surface area (Å²) in [6.45, 7) is 5.98. The molecular formula is C21H27N3O5S. The number of ether oxygens (including phenoxy) is 1. The lowest BCUT2D eigenvalue weighted by molar-refractivity contribution is -0.119. The lowest BCUT2D eigenvalue weighted by Crippen LogP contribution is -2.43. The number of amides is 1. The predicted octanol–water partition coefficient (Wildman–Crippen LogP) is 2.61. The van der Waals surface area contributed by atoms with E-state index in [0.717, 1.165) is 11.1 Å². The standard InChI is InChI=1S/C21H27N3O5S/c1-5-29-21(26)19-12-16(13-23(19)4)30(27,28)24-10-6-7-18(24)20(25)22-17-9-8-14(2)11-15(17)3/h8-9,11-13,18H,5-7,10H2,1-4H3,(H,22,25). The van der Waals surface area contributed by atoms with E-state index in [1.54, 1.807) is 14.0 Å². The summed E-state index contributed by atoms with van der Waals surface area (Å²) in [6.07, 6.45) is 2.40. The van der Waals surface area contributed by atoms with Gasteiger partial charge in [0.05, 0.1) is 6.61 Å². The normalized spacial score (nSPS) is 17.1. The van der Waals surface area contributed by atoms with Crippen LogP contribution in [0.5, 0.6) is 0 Å². The van der Waals surface area contributed by atoms with Gasteiger partial charge in [-0.2, -0.15) is 4.31 Å². The molecule has 2 aromatic rings. The molecule has 1 atom stereocenters. The number of sulfonamides is 1. The Labute approximate surface area is 176 Å². The highest BCUT2D eigenvalue weighted by Crippen LogP contribution is 2.28. The van der Waals surface area contributed by atoms with Crippen molar-refractivity contribution in [2.75, 3.05) is 18.5 Å². The SMILES string of the molecule is CCOC(=O)c1cc(S(=O)(=O)N2CCCC2C(=O)Nc2ccc(C)cc2C)cn1C. The van der Waals surface area contributed by atoms with E-state index in [4.69, 9.17) is 4.74 Å². The van der Waals surface area contributed by atoms with Crippen molar-refractivity contribution in [1.82, 2.24) is 8.87 Å². The largest absolute Gasteiger partial charge is 0.461 e. The zero-order valence-corrected chi connectivity index (χ0v) is 18.5. The van der Waals surface area contributed by atoms with Crippen molar-refractivity contribution in [2.24, 2.45) is 7.05 Å². The summed E-state index contributed by atoms with van der Waals surface area (Å²) in [5, 5.41) is 2.86. The van der Waals surface area contributed by atoms with Gasteiger partial charge in [0.15, 0.2) is 0 Å². The molecule has 2 heterocycles. The van der Waals surface area contributed by atoms with Gasteiger partial charge in [-0.15, -0.1) is 0 Å². The van der Waals surface area contributed by atoms with E-state index >= 15 is 0 Å². The predicted molar refractivity (Wildman–Crippen MR) is 113 cm³/mol. The monoisotopic (exact) mass is 433 g/mol. The minimum Gasteiger partial charge on any atom is -0.461 e. The van der Waals surface area contributed by atoms with Gasteiger partial charge < -0.3 is 14.6 Å². The van der Waals surface area contributed by atoms with E-state index in [-0.39, 0.29) is 29.6 Å². The first-order chi connectivity index (χ1) is 14.1.